The van der Waals surface area contributed by atoms with Crippen LogP contribution < -0.4 is 0 Å². The molecule has 0 aliphatic carbocycles. The van der Waals surface area contributed by atoms with Crippen LogP contribution in [0.3, 0.4) is 0 Å². The maximum atomic E-state index is 5.57. The van der Waals surface area contributed by atoms with E-state index in [0.717, 1.165) is 30.9 Å². The van der Waals surface area contributed by atoms with Crippen molar-refractivity contribution in [3.8, 4) is 0 Å². The summed E-state index contributed by atoms with van der Waals surface area (Å²) >= 11 is 5.57. The number of alkyl halides is 1. The van der Waals surface area contributed by atoms with Crippen molar-refractivity contribution >= 4 is 11.6 Å². The molecule has 0 saturated carbocycles. The molecule has 0 fully saturated rings. The first kappa shape index (κ1) is 10.6. The molecule has 0 spiro atoms. The number of aromatic nitrogens is 1. The number of rotatable bonds is 5. The van der Waals surface area contributed by atoms with Crippen molar-refractivity contribution in [2.75, 3.05) is 5.88 Å². The van der Waals surface area contributed by atoms with Gasteiger partial charge < -0.3 is 4.42 Å². The fraction of sp³-hybridized carbons (Fsp3) is 0.700. The topological polar surface area (TPSA) is 26.0 Å². The number of hydrogen-bond donors (Lipinski definition) is 0. The van der Waals surface area contributed by atoms with Crippen LogP contribution in [0.2, 0.25) is 0 Å². The molecule has 1 aromatic heterocycles. The third kappa shape index (κ3) is 3.81. The van der Waals surface area contributed by atoms with Gasteiger partial charge in [0.2, 0.25) is 0 Å². The van der Waals surface area contributed by atoms with Gasteiger partial charge in [0.05, 0.1) is 6.20 Å². The summed E-state index contributed by atoms with van der Waals surface area (Å²) in [6.07, 6.45) is 4.57. The van der Waals surface area contributed by atoms with Gasteiger partial charge in [-0.25, -0.2) is 4.98 Å². The molecule has 0 bridgehead atoms. The molecule has 0 radical (unpaired) electrons. The zero-order valence-corrected chi connectivity index (χ0v) is 8.97. The van der Waals surface area contributed by atoms with Crippen LogP contribution in [0.25, 0.3) is 0 Å². The van der Waals surface area contributed by atoms with Crippen LogP contribution >= 0.6 is 11.6 Å². The lowest BCUT2D eigenvalue weighted by Gasteiger charge is -1.98. The molecule has 0 aliphatic rings. The highest BCUT2D eigenvalue weighted by Crippen LogP contribution is 2.11. The molecule has 74 valence electrons. The van der Waals surface area contributed by atoms with E-state index in [1.807, 2.05) is 6.20 Å². The summed E-state index contributed by atoms with van der Waals surface area (Å²) in [5.41, 5.74) is 0. The van der Waals surface area contributed by atoms with Gasteiger partial charge in [-0.2, -0.15) is 0 Å². The molecule has 0 saturated heterocycles. The molecule has 0 atom stereocenters. The number of oxazole rings is 1. The van der Waals surface area contributed by atoms with E-state index in [4.69, 9.17) is 16.0 Å². The van der Waals surface area contributed by atoms with Crippen LogP contribution in [0.5, 0.6) is 0 Å². The Hall–Kier alpha value is -0.500. The Morgan fingerprint density at radius 2 is 2.31 bits per heavy atom. The first-order valence-electron chi connectivity index (χ1n) is 4.72. The Morgan fingerprint density at radius 1 is 1.54 bits per heavy atom. The SMILES string of the molecule is CC(C)Cc1cnc(CCCCl)o1. The van der Waals surface area contributed by atoms with Crippen LogP contribution in [0, 0.1) is 5.92 Å². The third-order valence-corrected chi connectivity index (χ3v) is 2.00. The second-order valence-corrected chi connectivity index (χ2v) is 3.99. The minimum Gasteiger partial charge on any atom is -0.446 e. The van der Waals surface area contributed by atoms with Crippen LogP contribution in [-0.2, 0) is 12.8 Å². The molecule has 1 aromatic rings. The molecule has 0 amide bonds. The van der Waals surface area contributed by atoms with Gasteiger partial charge in [-0.05, 0) is 12.3 Å². The lowest BCUT2D eigenvalue weighted by molar-refractivity contribution is 0.430. The number of hydrogen-bond acceptors (Lipinski definition) is 2. The van der Waals surface area contributed by atoms with Crippen LogP contribution in [0.15, 0.2) is 10.6 Å². The van der Waals surface area contributed by atoms with E-state index in [9.17, 15) is 0 Å². The first-order chi connectivity index (χ1) is 6.22. The van der Waals surface area contributed by atoms with Gasteiger partial charge in [0, 0.05) is 18.7 Å². The van der Waals surface area contributed by atoms with Crippen molar-refractivity contribution in [1.82, 2.24) is 4.98 Å². The third-order valence-electron chi connectivity index (χ3n) is 1.74. The summed E-state index contributed by atoms with van der Waals surface area (Å²) in [6, 6.07) is 0. The van der Waals surface area contributed by atoms with Crippen molar-refractivity contribution in [1.29, 1.82) is 0 Å². The number of halogens is 1. The second kappa shape index (κ2) is 5.28. The summed E-state index contributed by atoms with van der Waals surface area (Å²) in [5, 5.41) is 0. The Kier molecular flexibility index (Phi) is 4.29. The standard InChI is InChI=1S/C10H16ClNO/c1-8(2)6-9-7-12-10(13-9)4-3-5-11/h7-8H,3-6H2,1-2H3. The Balaban J connectivity index is 2.44. The van der Waals surface area contributed by atoms with Gasteiger partial charge in [-0.3, -0.25) is 0 Å². The molecule has 1 heterocycles. The average molecular weight is 202 g/mol. The molecule has 1 rings (SSSR count). The van der Waals surface area contributed by atoms with E-state index in [-0.39, 0.29) is 0 Å². The van der Waals surface area contributed by atoms with Crippen molar-refractivity contribution in [2.45, 2.75) is 33.1 Å². The van der Waals surface area contributed by atoms with E-state index in [1.165, 1.54) is 0 Å². The zero-order valence-electron chi connectivity index (χ0n) is 8.22. The lowest BCUT2D eigenvalue weighted by Crippen LogP contribution is -1.91. The highest BCUT2D eigenvalue weighted by atomic mass is 35.5. The van der Waals surface area contributed by atoms with Crippen molar-refractivity contribution < 1.29 is 4.42 Å². The fourth-order valence-corrected chi connectivity index (χ4v) is 1.31. The van der Waals surface area contributed by atoms with Crippen LogP contribution in [-0.4, -0.2) is 10.9 Å². The maximum absolute atomic E-state index is 5.57. The van der Waals surface area contributed by atoms with E-state index in [0.29, 0.717) is 11.8 Å². The average Bonchev–Trinajstić information content (AvgIpc) is 2.48. The normalized spacial score (nSPS) is 11.1. The summed E-state index contributed by atoms with van der Waals surface area (Å²) in [5.74, 6) is 3.09. The Labute approximate surface area is 84.3 Å². The fourth-order valence-electron chi connectivity index (χ4n) is 1.18. The lowest BCUT2D eigenvalue weighted by atomic mass is 10.1. The number of nitrogens with zero attached hydrogens (tertiary/aromatic N) is 1. The highest BCUT2D eigenvalue weighted by Gasteiger charge is 2.04. The zero-order chi connectivity index (χ0) is 9.68. The molecule has 3 heteroatoms. The minimum absolute atomic E-state index is 0.619. The monoisotopic (exact) mass is 201 g/mol. The quantitative estimate of drug-likeness (QED) is 0.685. The largest absolute Gasteiger partial charge is 0.446 e. The number of aryl methyl sites for hydroxylation is 1. The minimum atomic E-state index is 0.619. The Morgan fingerprint density at radius 3 is 2.92 bits per heavy atom. The molecule has 0 aliphatic heterocycles. The second-order valence-electron chi connectivity index (χ2n) is 3.61. The first-order valence-corrected chi connectivity index (χ1v) is 5.25. The smallest absolute Gasteiger partial charge is 0.194 e. The summed E-state index contributed by atoms with van der Waals surface area (Å²) in [4.78, 5) is 4.18. The van der Waals surface area contributed by atoms with Crippen molar-refractivity contribution in [2.24, 2.45) is 5.92 Å². The van der Waals surface area contributed by atoms with Gasteiger partial charge in [-0.15, -0.1) is 11.6 Å². The molecule has 0 aromatic carbocycles. The van der Waals surface area contributed by atoms with E-state index < -0.39 is 0 Å². The summed E-state index contributed by atoms with van der Waals surface area (Å²) in [7, 11) is 0. The summed E-state index contributed by atoms with van der Waals surface area (Å²) in [6.45, 7) is 4.34. The predicted octanol–water partition coefficient (Wildman–Crippen LogP) is 3.04. The van der Waals surface area contributed by atoms with Crippen molar-refractivity contribution in [3.63, 3.8) is 0 Å². The molecule has 0 unspecified atom stereocenters. The molecule has 13 heavy (non-hydrogen) atoms. The van der Waals surface area contributed by atoms with Gasteiger partial charge in [0.25, 0.3) is 0 Å². The Bertz CT molecular complexity index is 245. The highest BCUT2D eigenvalue weighted by molar-refractivity contribution is 6.17. The predicted molar refractivity (Wildman–Crippen MR) is 54.1 cm³/mol. The van der Waals surface area contributed by atoms with E-state index in [2.05, 4.69) is 18.8 Å². The molecule has 0 N–H and O–H groups in total. The van der Waals surface area contributed by atoms with Gasteiger partial charge in [-0.1, -0.05) is 13.8 Å². The molecular formula is C10H16ClNO. The van der Waals surface area contributed by atoms with Crippen LogP contribution in [0.1, 0.15) is 31.9 Å². The molecular weight excluding hydrogens is 186 g/mol. The summed E-state index contributed by atoms with van der Waals surface area (Å²) < 4.78 is 5.53. The van der Waals surface area contributed by atoms with Gasteiger partial charge in [0.15, 0.2) is 5.89 Å². The maximum Gasteiger partial charge on any atom is 0.194 e. The van der Waals surface area contributed by atoms with Crippen LogP contribution in [0.4, 0.5) is 0 Å². The van der Waals surface area contributed by atoms with Gasteiger partial charge in [0.1, 0.15) is 5.76 Å². The van der Waals surface area contributed by atoms with Gasteiger partial charge >= 0.3 is 0 Å². The van der Waals surface area contributed by atoms with Crippen molar-refractivity contribution in [3.05, 3.63) is 17.8 Å². The van der Waals surface area contributed by atoms with E-state index >= 15 is 0 Å². The van der Waals surface area contributed by atoms with E-state index in [1.54, 1.807) is 0 Å². The molecule has 2 nitrogen and oxygen atoms in total.